The largest absolute Gasteiger partial charge is 0.481 e. The number of unbranched alkanes of at least 4 members (excludes halogenated alkanes) is 19. The number of hydrogen-bond acceptors (Lipinski definition) is 2. The number of aliphatic carboxylic acids is 1. The lowest BCUT2D eigenvalue weighted by molar-refractivity contribution is -0.873. The molecule has 0 amide bonds. The first-order valence-corrected chi connectivity index (χ1v) is 14.5. The fraction of sp³-hybridized carbons (Fsp3) is 0.966. The highest BCUT2D eigenvalue weighted by Gasteiger charge is 2.21. The Kier molecular flexibility index (Phi) is 22.7. The summed E-state index contributed by atoms with van der Waals surface area (Å²) in [5, 5.41) is 9.07. The van der Waals surface area contributed by atoms with Crippen LogP contribution in [0.15, 0.2) is 0 Å². The van der Waals surface area contributed by atoms with Crippen LogP contribution >= 0.6 is 0 Å². The summed E-state index contributed by atoms with van der Waals surface area (Å²) < 4.78 is 6.60. The van der Waals surface area contributed by atoms with Gasteiger partial charge in [0.05, 0.1) is 27.6 Å². The number of carboxylic acid groups (broad SMARTS) is 1. The van der Waals surface area contributed by atoms with Gasteiger partial charge in [0.1, 0.15) is 12.6 Å². The number of likely N-dealkylation sites (N-methyl/N-ethyl adjacent to an activating group) is 1. The molecular formula is C29H60NO3+. The maximum Gasteiger partial charge on any atom is 0.306 e. The molecule has 0 spiro atoms. The number of hydrogen-bond donors (Lipinski definition) is 1. The lowest BCUT2D eigenvalue weighted by Gasteiger charge is -2.28. The topological polar surface area (TPSA) is 46.5 Å². The number of carboxylic acids is 1. The van der Waals surface area contributed by atoms with Crippen molar-refractivity contribution in [2.75, 3.05) is 34.3 Å². The van der Waals surface area contributed by atoms with E-state index in [-0.39, 0.29) is 12.5 Å². The first-order valence-electron chi connectivity index (χ1n) is 14.5. The van der Waals surface area contributed by atoms with Crippen LogP contribution < -0.4 is 0 Å². The molecule has 0 aliphatic carbocycles. The number of rotatable bonds is 26. The van der Waals surface area contributed by atoms with Crippen LogP contribution in [0.3, 0.4) is 0 Å². The predicted molar refractivity (Wildman–Crippen MR) is 143 cm³/mol. The summed E-state index contributed by atoms with van der Waals surface area (Å²) in [5.41, 5.74) is 0. The van der Waals surface area contributed by atoms with E-state index in [0.717, 1.165) is 17.4 Å². The Hall–Kier alpha value is -0.610. The van der Waals surface area contributed by atoms with Gasteiger partial charge in [0.15, 0.2) is 0 Å². The quantitative estimate of drug-likeness (QED) is 0.102. The maximum atomic E-state index is 11.0. The van der Waals surface area contributed by atoms with E-state index in [9.17, 15) is 4.79 Å². The molecule has 0 unspecified atom stereocenters. The van der Waals surface area contributed by atoms with Crippen LogP contribution in [-0.2, 0) is 9.53 Å². The van der Waals surface area contributed by atoms with Crippen molar-refractivity contribution in [3.8, 4) is 0 Å². The molecule has 4 heteroatoms. The van der Waals surface area contributed by atoms with Gasteiger partial charge < -0.3 is 14.3 Å². The van der Waals surface area contributed by atoms with Gasteiger partial charge in [-0.15, -0.1) is 0 Å². The van der Waals surface area contributed by atoms with Crippen LogP contribution in [-0.4, -0.2) is 56.0 Å². The third kappa shape index (κ3) is 27.5. The Morgan fingerprint density at radius 3 is 1.27 bits per heavy atom. The Bertz CT molecular complexity index is 420. The summed E-state index contributed by atoms with van der Waals surface area (Å²) in [7, 11) is 6.24. The van der Waals surface area contributed by atoms with Crippen LogP contribution in [0, 0.1) is 0 Å². The van der Waals surface area contributed by atoms with E-state index in [1.165, 1.54) is 122 Å². The average molecular weight is 471 g/mol. The summed E-state index contributed by atoms with van der Waals surface area (Å²) in [5.74, 6) is -0.767. The van der Waals surface area contributed by atoms with Gasteiger partial charge in [0.25, 0.3) is 0 Å². The Morgan fingerprint density at radius 1 is 0.636 bits per heavy atom. The molecule has 0 saturated heterocycles. The maximum absolute atomic E-state index is 11.0. The first-order chi connectivity index (χ1) is 15.8. The van der Waals surface area contributed by atoms with Crippen molar-refractivity contribution in [1.82, 2.24) is 0 Å². The number of quaternary nitrogens is 1. The molecule has 0 aromatic heterocycles. The van der Waals surface area contributed by atoms with Gasteiger partial charge >= 0.3 is 5.97 Å². The highest BCUT2D eigenvalue weighted by Crippen LogP contribution is 2.15. The van der Waals surface area contributed by atoms with Gasteiger partial charge in [-0.1, -0.05) is 129 Å². The molecule has 198 valence electrons. The minimum Gasteiger partial charge on any atom is -0.481 e. The van der Waals surface area contributed by atoms with Crippen molar-refractivity contribution in [2.45, 2.75) is 148 Å². The van der Waals surface area contributed by atoms with Crippen LogP contribution in [0.2, 0.25) is 0 Å². The minimum atomic E-state index is -0.767. The predicted octanol–water partition coefficient (Wildman–Crippen LogP) is 8.37. The Morgan fingerprint density at radius 2 is 0.970 bits per heavy atom. The van der Waals surface area contributed by atoms with Crippen molar-refractivity contribution in [3.05, 3.63) is 0 Å². The van der Waals surface area contributed by atoms with Crippen LogP contribution in [0.5, 0.6) is 0 Å². The molecule has 0 saturated carbocycles. The van der Waals surface area contributed by atoms with E-state index < -0.39 is 5.97 Å². The van der Waals surface area contributed by atoms with Crippen molar-refractivity contribution >= 4 is 5.97 Å². The molecule has 4 nitrogen and oxygen atoms in total. The standard InChI is InChI=1S/C29H59NO3/c1-5-6-7-8-9-10-11-12-13-14-15-16-17-18-19-20-21-22-23-24-25-33-28(26-29(31)32)27-30(2,3)4/h28H,5-27H2,1-4H3/p+1/t28-/m1/s1. The van der Waals surface area contributed by atoms with Crippen LogP contribution in [0.1, 0.15) is 142 Å². The number of ether oxygens (including phenoxy) is 1. The second-order valence-electron chi connectivity index (χ2n) is 11.3. The third-order valence-corrected chi connectivity index (χ3v) is 6.51. The van der Waals surface area contributed by atoms with Gasteiger partial charge in [-0.25, -0.2) is 0 Å². The molecule has 0 aromatic carbocycles. The molecule has 1 N–H and O–H groups in total. The summed E-state index contributed by atoms with van der Waals surface area (Å²) in [4.78, 5) is 11.0. The molecule has 0 aliphatic heterocycles. The molecule has 1 atom stereocenters. The van der Waals surface area contributed by atoms with E-state index in [1.54, 1.807) is 0 Å². The fourth-order valence-electron chi connectivity index (χ4n) is 4.59. The summed E-state index contributed by atoms with van der Waals surface area (Å²) >= 11 is 0. The second kappa shape index (κ2) is 23.1. The lowest BCUT2D eigenvalue weighted by Crippen LogP contribution is -2.43. The monoisotopic (exact) mass is 470 g/mol. The van der Waals surface area contributed by atoms with Crippen molar-refractivity contribution in [1.29, 1.82) is 0 Å². The molecule has 0 radical (unpaired) electrons. The summed E-state index contributed by atoms with van der Waals surface area (Å²) in [6.07, 6.45) is 27.6. The van der Waals surface area contributed by atoms with Gasteiger partial charge in [-0.2, -0.15) is 0 Å². The van der Waals surface area contributed by atoms with Gasteiger partial charge in [-0.05, 0) is 6.42 Å². The van der Waals surface area contributed by atoms with Crippen LogP contribution in [0.25, 0.3) is 0 Å². The Labute approximate surface area is 207 Å². The SMILES string of the molecule is CCCCCCCCCCCCCCCCCCCCCCO[C@H](CC(=O)O)C[N+](C)(C)C. The molecule has 0 aromatic rings. The molecule has 0 fully saturated rings. The summed E-state index contributed by atoms with van der Waals surface area (Å²) in [6, 6.07) is 0. The number of nitrogens with zero attached hydrogens (tertiary/aromatic N) is 1. The third-order valence-electron chi connectivity index (χ3n) is 6.51. The van der Waals surface area contributed by atoms with Gasteiger partial charge in [0, 0.05) is 6.61 Å². The highest BCUT2D eigenvalue weighted by atomic mass is 16.5. The fourth-order valence-corrected chi connectivity index (χ4v) is 4.59. The van der Waals surface area contributed by atoms with E-state index in [1.807, 2.05) is 0 Å². The molecule has 0 aliphatic rings. The van der Waals surface area contributed by atoms with E-state index in [2.05, 4.69) is 28.1 Å². The average Bonchev–Trinajstić information content (AvgIpc) is 2.73. The van der Waals surface area contributed by atoms with E-state index in [4.69, 9.17) is 9.84 Å². The van der Waals surface area contributed by atoms with Gasteiger partial charge in [0.2, 0.25) is 0 Å². The lowest BCUT2D eigenvalue weighted by atomic mass is 10.0. The smallest absolute Gasteiger partial charge is 0.306 e. The molecule has 0 heterocycles. The van der Waals surface area contributed by atoms with Gasteiger partial charge in [-0.3, -0.25) is 4.79 Å². The second-order valence-corrected chi connectivity index (χ2v) is 11.3. The van der Waals surface area contributed by atoms with Crippen molar-refractivity contribution < 1.29 is 19.1 Å². The normalized spacial score (nSPS) is 12.8. The van der Waals surface area contributed by atoms with E-state index in [0.29, 0.717) is 6.61 Å². The molecule has 33 heavy (non-hydrogen) atoms. The zero-order valence-corrected chi connectivity index (χ0v) is 23.1. The summed E-state index contributed by atoms with van der Waals surface area (Å²) in [6.45, 7) is 3.72. The molecule has 0 rings (SSSR count). The van der Waals surface area contributed by atoms with Crippen molar-refractivity contribution in [2.24, 2.45) is 0 Å². The van der Waals surface area contributed by atoms with Crippen LogP contribution in [0.4, 0.5) is 0 Å². The van der Waals surface area contributed by atoms with E-state index >= 15 is 0 Å². The molecule has 0 bridgehead atoms. The minimum absolute atomic E-state index is 0.106. The Balaban J connectivity index is 3.31. The van der Waals surface area contributed by atoms with Crippen molar-refractivity contribution in [3.63, 3.8) is 0 Å². The molecular weight excluding hydrogens is 410 g/mol. The first kappa shape index (κ1) is 32.4. The zero-order chi connectivity index (χ0) is 24.6. The number of carbonyl (C=O) groups is 1. The zero-order valence-electron chi connectivity index (χ0n) is 23.1. The highest BCUT2D eigenvalue weighted by molar-refractivity contribution is 5.67.